The molecule has 1 N–H and O–H groups in total. The Morgan fingerprint density at radius 1 is 1.50 bits per heavy atom. The second kappa shape index (κ2) is 4.93. The van der Waals surface area contributed by atoms with Crippen molar-refractivity contribution in [1.82, 2.24) is 10.2 Å². The molecule has 0 aliphatic carbocycles. The molecule has 0 radical (unpaired) electrons. The molecule has 2 nitrogen and oxygen atoms in total. The lowest BCUT2D eigenvalue weighted by Gasteiger charge is -2.38. The Bertz CT molecular complexity index is 354. The minimum Gasteiger partial charge on any atom is -0.311 e. The highest BCUT2D eigenvalue weighted by Gasteiger charge is 2.24. The fourth-order valence-corrected chi connectivity index (χ4v) is 2.27. The van der Waals surface area contributed by atoms with Gasteiger partial charge in [0.2, 0.25) is 0 Å². The van der Waals surface area contributed by atoms with Crippen molar-refractivity contribution in [2.24, 2.45) is 0 Å². The van der Waals surface area contributed by atoms with E-state index >= 15 is 0 Å². The van der Waals surface area contributed by atoms with Crippen LogP contribution in [0.2, 0.25) is 0 Å². The monoisotopic (exact) mass is 222 g/mol. The smallest absolute Gasteiger partial charge is 0.123 e. The van der Waals surface area contributed by atoms with Gasteiger partial charge in [0.1, 0.15) is 5.82 Å². The summed E-state index contributed by atoms with van der Waals surface area (Å²) in [7, 11) is 2.14. The van der Waals surface area contributed by atoms with Crippen molar-refractivity contribution < 1.29 is 4.39 Å². The molecule has 2 rings (SSSR count). The molecule has 2 unspecified atom stereocenters. The molecule has 1 aliphatic heterocycles. The maximum Gasteiger partial charge on any atom is 0.123 e. The number of hydrogen-bond donors (Lipinski definition) is 1. The molecule has 2 atom stereocenters. The van der Waals surface area contributed by atoms with E-state index in [1.165, 1.54) is 6.07 Å². The normalized spacial score (nSPS) is 26.9. The Balaban J connectivity index is 2.03. The molecule has 88 valence electrons. The van der Waals surface area contributed by atoms with E-state index in [4.69, 9.17) is 0 Å². The fraction of sp³-hybridized carbons (Fsp3) is 0.538. The van der Waals surface area contributed by atoms with Gasteiger partial charge in [-0.05, 0) is 38.1 Å². The first-order chi connectivity index (χ1) is 7.66. The van der Waals surface area contributed by atoms with E-state index in [0.29, 0.717) is 12.1 Å². The van der Waals surface area contributed by atoms with Crippen LogP contribution >= 0.6 is 0 Å². The summed E-state index contributed by atoms with van der Waals surface area (Å²) in [4.78, 5) is 2.35. The molecule has 0 amide bonds. The maximum atomic E-state index is 13.1. The number of halogens is 1. The average Bonchev–Trinajstić information content (AvgIpc) is 2.25. The van der Waals surface area contributed by atoms with Crippen LogP contribution in [0.5, 0.6) is 0 Å². The highest BCUT2D eigenvalue weighted by Crippen LogP contribution is 2.13. The third-order valence-corrected chi connectivity index (χ3v) is 3.49. The first-order valence-electron chi connectivity index (χ1n) is 5.85. The third kappa shape index (κ3) is 2.60. The Hall–Kier alpha value is -0.930. The van der Waals surface area contributed by atoms with Crippen LogP contribution < -0.4 is 5.32 Å². The van der Waals surface area contributed by atoms with E-state index < -0.39 is 0 Å². The van der Waals surface area contributed by atoms with Gasteiger partial charge in [0.15, 0.2) is 0 Å². The molecule has 0 saturated carbocycles. The minimum absolute atomic E-state index is 0.144. The summed E-state index contributed by atoms with van der Waals surface area (Å²) >= 11 is 0. The van der Waals surface area contributed by atoms with Gasteiger partial charge in [0.05, 0.1) is 0 Å². The zero-order chi connectivity index (χ0) is 11.5. The van der Waals surface area contributed by atoms with Gasteiger partial charge >= 0.3 is 0 Å². The van der Waals surface area contributed by atoms with Gasteiger partial charge in [-0.1, -0.05) is 12.1 Å². The topological polar surface area (TPSA) is 15.3 Å². The molecule has 16 heavy (non-hydrogen) atoms. The summed E-state index contributed by atoms with van der Waals surface area (Å²) < 4.78 is 13.1. The minimum atomic E-state index is -0.144. The van der Waals surface area contributed by atoms with Crippen molar-refractivity contribution in [3.63, 3.8) is 0 Å². The van der Waals surface area contributed by atoms with Gasteiger partial charge in [0, 0.05) is 25.2 Å². The summed E-state index contributed by atoms with van der Waals surface area (Å²) in [5.41, 5.74) is 1.07. The van der Waals surface area contributed by atoms with Crippen LogP contribution in [0.3, 0.4) is 0 Å². The number of hydrogen-bond acceptors (Lipinski definition) is 2. The predicted molar refractivity (Wildman–Crippen MR) is 64.0 cm³/mol. The SMILES string of the molecule is CC1C(Cc2cccc(F)c2)NCCN1C. The van der Waals surface area contributed by atoms with E-state index in [9.17, 15) is 4.39 Å². The molecule has 1 saturated heterocycles. The van der Waals surface area contributed by atoms with Gasteiger partial charge in [-0.2, -0.15) is 0 Å². The molecule has 1 fully saturated rings. The standard InChI is InChI=1S/C13H19FN2/c1-10-13(15-6-7-16(10)2)9-11-4-3-5-12(14)8-11/h3-5,8,10,13,15H,6-7,9H2,1-2H3. The van der Waals surface area contributed by atoms with Crippen molar-refractivity contribution in [3.8, 4) is 0 Å². The highest BCUT2D eigenvalue weighted by molar-refractivity contribution is 5.18. The van der Waals surface area contributed by atoms with Crippen molar-refractivity contribution in [1.29, 1.82) is 0 Å². The summed E-state index contributed by atoms with van der Waals surface area (Å²) in [6.45, 7) is 4.32. The Labute approximate surface area is 96.5 Å². The van der Waals surface area contributed by atoms with Crippen LogP contribution in [-0.2, 0) is 6.42 Å². The second-order valence-electron chi connectivity index (χ2n) is 4.62. The summed E-state index contributed by atoms with van der Waals surface area (Å²) in [6, 6.07) is 7.81. The van der Waals surface area contributed by atoms with Crippen LogP contribution in [0, 0.1) is 5.82 Å². The fourth-order valence-electron chi connectivity index (χ4n) is 2.27. The van der Waals surface area contributed by atoms with Gasteiger partial charge in [-0.15, -0.1) is 0 Å². The highest BCUT2D eigenvalue weighted by atomic mass is 19.1. The van der Waals surface area contributed by atoms with Crippen LogP contribution in [0.1, 0.15) is 12.5 Å². The molecule has 1 aromatic rings. The lowest BCUT2D eigenvalue weighted by atomic mass is 9.98. The van der Waals surface area contributed by atoms with E-state index in [2.05, 4.69) is 24.2 Å². The number of piperazine rings is 1. The Morgan fingerprint density at radius 3 is 3.06 bits per heavy atom. The van der Waals surface area contributed by atoms with Crippen LogP contribution in [-0.4, -0.2) is 37.1 Å². The third-order valence-electron chi connectivity index (χ3n) is 3.49. The van der Waals surface area contributed by atoms with Crippen LogP contribution in [0.25, 0.3) is 0 Å². The average molecular weight is 222 g/mol. The molecule has 3 heteroatoms. The van der Waals surface area contributed by atoms with Gasteiger partial charge in [-0.25, -0.2) is 4.39 Å². The lowest BCUT2D eigenvalue weighted by molar-refractivity contribution is 0.163. The van der Waals surface area contributed by atoms with Crippen molar-refractivity contribution >= 4 is 0 Å². The van der Waals surface area contributed by atoms with Gasteiger partial charge in [0.25, 0.3) is 0 Å². The number of nitrogens with one attached hydrogen (secondary N) is 1. The zero-order valence-electron chi connectivity index (χ0n) is 9.91. The summed E-state index contributed by atoms with van der Waals surface area (Å²) in [5, 5.41) is 3.50. The lowest BCUT2D eigenvalue weighted by Crippen LogP contribution is -2.55. The van der Waals surface area contributed by atoms with Crippen LogP contribution in [0.15, 0.2) is 24.3 Å². The molecule has 1 aliphatic rings. The predicted octanol–water partition coefficient (Wildman–Crippen LogP) is 1.66. The first kappa shape index (κ1) is 11.6. The molecular weight excluding hydrogens is 203 g/mol. The number of likely N-dealkylation sites (N-methyl/N-ethyl adjacent to an activating group) is 1. The summed E-state index contributed by atoms with van der Waals surface area (Å²) in [5.74, 6) is -0.144. The largest absolute Gasteiger partial charge is 0.311 e. The molecular formula is C13H19FN2. The number of benzene rings is 1. The van der Waals surface area contributed by atoms with Gasteiger partial charge < -0.3 is 10.2 Å². The quantitative estimate of drug-likeness (QED) is 0.818. The zero-order valence-corrected chi connectivity index (χ0v) is 9.91. The van der Waals surface area contributed by atoms with Gasteiger partial charge in [-0.3, -0.25) is 0 Å². The van der Waals surface area contributed by atoms with E-state index in [-0.39, 0.29) is 5.82 Å². The Morgan fingerprint density at radius 2 is 2.31 bits per heavy atom. The van der Waals surface area contributed by atoms with Crippen molar-refractivity contribution in [3.05, 3.63) is 35.6 Å². The van der Waals surface area contributed by atoms with E-state index in [1.54, 1.807) is 12.1 Å². The molecule has 1 aromatic carbocycles. The Kier molecular flexibility index (Phi) is 3.56. The maximum absolute atomic E-state index is 13.1. The summed E-state index contributed by atoms with van der Waals surface area (Å²) in [6.07, 6.45) is 0.892. The number of rotatable bonds is 2. The first-order valence-corrected chi connectivity index (χ1v) is 5.85. The molecule has 1 heterocycles. The number of nitrogens with zero attached hydrogens (tertiary/aromatic N) is 1. The van der Waals surface area contributed by atoms with E-state index in [1.807, 2.05) is 6.07 Å². The molecule has 0 aromatic heterocycles. The van der Waals surface area contributed by atoms with Crippen molar-refractivity contribution in [2.75, 3.05) is 20.1 Å². The second-order valence-corrected chi connectivity index (χ2v) is 4.62. The van der Waals surface area contributed by atoms with Crippen LogP contribution in [0.4, 0.5) is 4.39 Å². The van der Waals surface area contributed by atoms with E-state index in [0.717, 1.165) is 25.1 Å². The molecule has 0 spiro atoms. The molecule has 0 bridgehead atoms. The van der Waals surface area contributed by atoms with Crippen molar-refractivity contribution in [2.45, 2.75) is 25.4 Å².